The molecule has 1 saturated heterocycles. The van der Waals surface area contributed by atoms with E-state index < -0.39 is 20.6 Å². The monoisotopic (exact) mass is 300 g/mol. The van der Waals surface area contributed by atoms with E-state index in [-0.39, 0.29) is 30.5 Å². The molecule has 0 saturated carbocycles. The van der Waals surface area contributed by atoms with E-state index in [0.717, 1.165) is 0 Å². The van der Waals surface area contributed by atoms with Crippen LogP contribution in [0.25, 0.3) is 0 Å². The van der Waals surface area contributed by atoms with Gasteiger partial charge in [-0.3, -0.25) is 10.1 Å². The van der Waals surface area contributed by atoms with Gasteiger partial charge in [-0.25, -0.2) is 8.42 Å². The molecule has 0 unspecified atom stereocenters. The van der Waals surface area contributed by atoms with E-state index >= 15 is 0 Å². The number of nitrogens with zero attached hydrogens (tertiary/aromatic N) is 2. The van der Waals surface area contributed by atoms with Gasteiger partial charge in [0.15, 0.2) is 4.90 Å². The first-order valence-corrected chi connectivity index (χ1v) is 7.75. The normalized spacial score (nSPS) is 18.1. The van der Waals surface area contributed by atoms with Gasteiger partial charge in [-0.1, -0.05) is 12.1 Å². The van der Waals surface area contributed by atoms with Gasteiger partial charge in [0.1, 0.15) is 0 Å². The van der Waals surface area contributed by atoms with Gasteiger partial charge in [0.2, 0.25) is 10.0 Å². The van der Waals surface area contributed by atoms with Crippen LogP contribution in [-0.2, 0) is 10.0 Å². The number of nitro benzene ring substituents is 1. The Hall–Kier alpha value is -1.51. The molecule has 0 bridgehead atoms. The lowest BCUT2D eigenvalue weighted by molar-refractivity contribution is -0.387. The Labute approximate surface area is 117 Å². The number of piperidine rings is 1. The van der Waals surface area contributed by atoms with Gasteiger partial charge >= 0.3 is 0 Å². The fourth-order valence-electron chi connectivity index (χ4n) is 2.30. The molecule has 8 heteroatoms. The quantitative estimate of drug-likeness (QED) is 0.660. The fraction of sp³-hybridized carbons (Fsp3) is 0.500. The van der Waals surface area contributed by atoms with Crippen LogP contribution in [0.3, 0.4) is 0 Å². The van der Waals surface area contributed by atoms with Crippen molar-refractivity contribution < 1.29 is 18.4 Å². The first-order valence-electron chi connectivity index (χ1n) is 6.31. The average molecular weight is 300 g/mol. The number of rotatable bonds is 4. The minimum absolute atomic E-state index is 0.0410. The van der Waals surface area contributed by atoms with Crippen LogP contribution in [0.2, 0.25) is 0 Å². The van der Waals surface area contributed by atoms with Crippen molar-refractivity contribution in [3.63, 3.8) is 0 Å². The zero-order chi connectivity index (χ0) is 14.8. The van der Waals surface area contributed by atoms with E-state index in [1.807, 2.05) is 0 Å². The lowest BCUT2D eigenvalue weighted by Gasteiger charge is -2.30. The molecule has 110 valence electrons. The molecule has 1 fully saturated rings. The van der Waals surface area contributed by atoms with E-state index in [1.165, 1.54) is 28.6 Å². The first kappa shape index (κ1) is 14.9. The molecule has 1 aliphatic rings. The lowest BCUT2D eigenvalue weighted by atomic mass is 10.00. The summed E-state index contributed by atoms with van der Waals surface area (Å²) in [6.45, 7) is 0.596. The van der Waals surface area contributed by atoms with Gasteiger partial charge in [0, 0.05) is 25.8 Å². The predicted octanol–water partition coefficient (Wildman–Crippen LogP) is 0.988. The summed E-state index contributed by atoms with van der Waals surface area (Å²) in [7, 11) is -3.86. The third kappa shape index (κ3) is 2.82. The Morgan fingerprint density at radius 2 is 1.90 bits per heavy atom. The largest absolute Gasteiger partial charge is 0.396 e. The predicted molar refractivity (Wildman–Crippen MR) is 71.7 cm³/mol. The van der Waals surface area contributed by atoms with E-state index in [4.69, 9.17) is 5.11 Å². The Bertz CT molecular complexity index is 594. The molecule has 2 rings (SSSR count). The molecule has 7 nitrogen and oxygen atoms in total. The van der Waals surface area contributed by atoms with Crippen molar-refractivity contribution in [1.29, 1.82) is 0 Å². The first-order chi connectivity index (χ1) is 9.46. The van der Waals surface area contributed by atoms with Crippen molar-refractivity contribution in [3.05, 3.63) is 34.4 Å². The highest BCUT2D eigenvalue weighted by molar-refractivity contribution is 7.89. The summed E-state index contributed by atoms with van der Waals surface area (Å²) >= 11 is 0. The van der Waals surface area contributed by atoms with Crippen LogP contribution < -0.4 is 0 Å². The maximum absolute atomic E-state index is 12.5. The van der Waals surface area contributed by atoms with Crippen LogP contribution >= 0.6 is 0 Å². The fourth-order valence-corrected chi connectivity index (χ4v) is 3.92. The highest BCUT2D eigenvalue weighted by Crippen LogP contribution is 2.29. The number of sulfonamides is 1. The summed E-state index contributed by atoms with van der Waals surface area (Å²) in [6.07, 6.45) is 1.13. The number of hydrogen-bond acceptors (Lipinski definition) is 5. The van der Waals surface area contributed by atoms with Gasteiger partial charge in [-0.15, -0.1) is 0 Å². The number of aliphatic hydroxyl groups is 1. The van der Waals surface area contributed by atoms with Crippen molar-refractivity contribution in [2.45, 2.75) is 17.7 Å². The number of nitro groups is 1. The number of para-hydroxylation sites is 1. The summed E-state index contributed by atoms with van der Waals surface area (Å²) in [5, 5.41) is 20.0. The molecule has 0 aliphatic carbocycles. The summed E-state index contributed by atoms with van der Waals surface area (Å²) in [5.74, 6) is 0.104. The van der Waals surface area contributed by atoms with Crippen LogP contribution in [0.5, 0.6) is 0 Å². The maximum atomic E-state index is 12.5. The summed E-state index contributed by atoms with van der Waals surface area (Å²) in [4.78, 5) is 9.98. The van der Waals surface area contributed by atoms with Crippen LogP contribution in [0, 0.1) is 16.0 Å². The highest BCUT2D eigenvalue weighted by atomic mass is 32.2. The van der Waals surface area contributed by atoms with Gasteiger partial charge < -0.3 is 5.11 Å². The third-order valence-electron chi connectivity index (χ3n) is 3.51. The highest BCUT2D eigenvalue weighted by Gasteiger charge is 2.33. The minimum Gasteiger partial charge on any atom is -0.396 e. The molecule has 0 atom stereocenters. The molecule has 20 heavy (non-hydrogen) atoms. The number of aliphatic hydroxyl groups excluding tert-OH is 1. The van der Waals surface area contributed by atoms with E-state index in [0.29, 0.717) is 12.8 Å². The van der Waals surface area contributed by atoms with Crippen LogP contribution in [0.4, 0.5) is 5.69 Å². The van der Waals surface area contributed by atoms with Crippen molar-refractivity contribution in [2.24, 2.45) is 5.92 Å². The standard InChI is InChI=1S/C12H16N2O5S/c15-9-10-5-7-13(8-6-10)20(18,19)12-4-2-1-3-11(12)14(16)17/h1-4,10,15H,5-9H2. The molecule has 1 heterocycles. The molecule has 1 aromatic rings. The zero-order valence-corrected chi connectivity index (χ0v) is 11.6. The van der Waals surface area contributed by atoms with E-state index in [9.17, 15) is 18.5 Å². The average Bonchev–Trinajstić information content (AvgIpc) is 2.47. The SMILES string of the molecule is O=[N+]([O-])c1ccccc1S(=O)(=O)N1CCC(CO)CC1. The van der Waals surface area contributed by atoms with Crippen LogP contribution in [0.1, 0.15) is 12.8 Å². The molecule has 1 aromatic carbocycles. The van der Waals surface area contributed by atoms with E-state index in [1.54, 1.807) is 0 Å². The van der Waals surface area contributed by atoms with Crippen LogP contribution in [0.15, 0.2) is 29.2 Å². The molecular formula is C12H16N2O5S. The molecule has 0 amide bonds. The molecule has 0 radical (unpaired) electrons. The number of hydrogen-bond donors (Lipinski definition) is 1. The van der Waals surface area contributed by atoms with Crippen molar-refractivity contribution in [2.75, 3.05) is 19.7 Å². The second-order valence-electron chi connectivity index (χ2n) is 4.75. The molecule has 0 spiro atoms. The molecule has 1 aliphatic heterocycles. The van der Waals surface area contributed by atoms with E-state index in [2.05, 4.69) is 0 Å². The van der Waals surface area contributed by atoms with Crippen molar-refractivity contribution in [3.8, 4) is 0 Å². The number of benzene rings is 1. The zero-order valence-electron chi connectivity index (χ0n) is 10.8. The maximum Gasteiger partial charge on any atom is 0.289 e. The Balaban J connectivity index is 2.30. The van der Waals surface area contributed by atoms with Gasteiger partial charge in [-0.2, -0.15) is 4.31 Å². The lowest BCUT2D eigenvalue weighted by Crippen LogP contribution is -2.39. The third-order valence-corrected chi connectivity index (χ3v) is 5.46. The van der Waals surface area contributed by atoms with Crippen molar-refractivity contribution >= 4 is 15.7 Å². The summed E-state index contributed by atoms with van der Waals surface area (Å²) in [5.41, 5.74) is -0.406. The van der Waals surface area contributed by atoms with Crippen LogP contribution in [-0.4, -0.2) is 42.4 Å². The summed E-state index contributed by atoms with van der Waals surface area (Å²) in [6, 6.07) is 5.36. The Kier molecular flexibility index (Phi) is 4.36. The Morgan fingerprint density at radius 3 is 2.45 bits per heavy atom. The van der Waals surface area contributed by atoms with Gasteiger partial charge in [-0.05, 0) is 24.8 Å². The second-order valence-corrected chi connectivity index (χ2v) is 6.66. The second kappa shape index (κ2) is 5.86. The Morgan fingerprint density at radius 1 is 1.30 bits per heavy atom. The smallest absolute Gasteiger partial charge is 0.289 e. The molecule has 0 aromatic heterocycles. The van der Waals surface area contributed by atoms with Gasteiger partial charge in [0.25, 0.3) is 5.69 Å². The minimum atomic E-state index is -3.86. The summed E-state index contributed by atoms with van der Waals surface area (Å²) < 4.78 is 26.2. The topological polar surface area (TPSA) is 101 Å². The van der Waals surface area contributed by atoms with Crippen molar-refractivity contribution in [1.82, 2.24) is 4.31 Å². The van der Waals surface area contributed by atoms with Gasteiger partial charge in [0.05, 0.1) is 4.92 Å². The molecule has 1 N–H and O–H groups in total. The molecular weight excluding hydrogens is 284 g/mol.